The lowest BCUT2D eigenvalue weighted by atomic mass is 10.1. The number of amides is 2. The van der Waals surface area contributed by atoms with Gasteiger partial charge in [0.05, 0.1) is 5.92 Å². The molecule has 1 N–H and O–H groups in total. The third kappa shape index (κ3) is 4.21. The molecule has 2 amide bonds. The van der Waals surface area contributed by atoms with Crippen molar-refractivity contribution < 1.29 is 9.59 Å². The van der Waals surface area contributed by atoms with Crippen molar-refractivity contribution in [1.82, 2.24) is 9.97 Å². The molecule has 0 saturated carbocycles. The number of benzene rings is 1. The molecule has 1 aliphatic heterocycles. The molecule has 6 heteroatoms. The number of hydrogen-bond acceptors (Lipinski definition) is 4. The average molecular weight is 338 g/mol. The van der Waals surface area contributed by atoms with E-state index < -0.39 is 5.92 Å². The van der Waals surface area contributed by atoms with Crippen LogP contribution in [0.3, 0.4) is 0 Å². The summed E-state index contributed by atoms with van der Waals surface area (Å²) in [7, 11) is 0. The number of anilines is 2. The van der Waals surface area contributed by atoms with Gasteiger partial charge in [0, 0.05) is 31.0 Å². The Morgan fingerprint density at radius 2 is 1.96 bits per heavy atom. The Kier molecular flexibility index (Phi) is 5.38. The lowest BCUT2D eigenvalue weighted by Gasteiger charge is -2.17. The first-order valence-electron chi connectivity index (χ1n) is 8.64. The summed E-state index contributed by atoms with van der Waals surface area (Å²) in [5, 5.41) is 2.67. The number of carbonyl (C=O) groups excluding carboxylic acids is 2. The van der Waals surface area contributed by atoms with E-state index in [4.69, 9.17) is 0 Å². The van der Waals surface area contributed by atoms with Gasteiger partial charge in [0.15, 0.2) is 0 Å². The van der Waals surface area contributed by atoms with E-state index in [0.29, 0.717) is 6.54 Å². The van der Waals surface area contributed by atoms with Gasteiger partial charge in [0.1, 0.15) is 0 Å². The van der Waals surface area contributed by atoms with Gasteiger partial charge < -0.3 is 4.90 Å². The number of unbranched alkanes of at least 4 members (excludes halogenated alkanes) is 1. The van der Waals surface area contributed by atoms with Crippen LogP contribution >= 0.6 is 0 Å². The highest BCUT2D eigenvalue weighted by molar-refractivity contribution is 6.03. The molecular formula is C19H22N4O2. The number of nitrogens with zero attached hydrogens (tertiary/aromatic N) is 3. The van der Waals surface area contributed by atoms with Crippen molar-refractivity contribution in [3.8, 4) is 0 Å². The molecule has 1 fully saturated rings. The van der Waals surface area contributed by atoms with E-state index in [9.17, 15) is 9.59 Å². The summed E-state index contributed by atoms with van der Waals surface area (Å²) in [6, 6.07) is 9.72. The maximum Gasteiger partial charge on any atom is 0.232 e. The predicted octanol–water partition coefficient (Wildman–Crippen LogP) is 2.81. The highest BCUT2D eigenvalue weighted by Crippen LogP contribution is 2.26. The van der Waals surface area contributed by atoms with E-state index in [1.807, 2.05) is 12.1 Å². The van der Waals surface area contributed by atoms with Crippen LogP contribution in [-0.4, -0.2) is 28.3 Å². The summed E-state index contributed by atoms with van der Waals surface area (Å²) in [6.07, 6.45) is 6.70. The molecular weight excluding hydrogens is 316 g/mol. The van der Waals surface area contributed by atoms with Crippen LogP contribution in [0, 0.1) is 5.92 Å². The zero-order chi connectivity index (χ0) is 17.6. The fourth-order valence-corrected chi connectivity index (χ4v) is 2.93. The molecule has 1 unspecified atom stereocenters. The van der Waals surface area contributed by atoms with Gasteiger partial charge >= 0.3 is 0 Å². The fourth-order valence-electron chi connectivity index (χ4n) is 2.93. The molecule has 0 radical (unpaired) electrons. The summed E-state index contributed by atoms with van der Waals surface area (Å²) in [5.41, 5.74) is 2.12. The number of nitrogens with one attached hydrogen (secondary N) is 1. The number of rotatable bonds is 6. The van der Waals surface area contributed by atoms with E-state index >= 15 is 0 Å². The third-order valence-electron chi connectivity index (χ3n) is 4.36. The van der Waals surface area contributed by atoms with Crippen LogP contribution in [0.5, 0.6) is 0 Å². The largest absolute Gasteiger partial charge is 0.312 e. The van der Waals surface area contributed by atoms with E-state index in [1.54, 1.807) is 23.4 Å². The molecule has 3 rings (SSSR count). The average Bonchev–Trinajstić information content (AvgIpc) is 3.03. The zero-order valence-electron chi connectivity index (χ0n) is 14.3. The van der Waals surface area contributed by atoms with Crippen molar-refractivity contribution >= 4 is 23.5 Å². The smallest absolute Gasteiger partial charge is 0.232 e. The maximum absolute atomic E-state index is 12.3. The van der Waals surface area contributed by atoms with Crippen molar-refractivity contribution in [2.24, 2.45) is 5.92 Å². The van der Waals surface area contributed by atoms with Gasteiger partial charge in [-0.2, -0.15) is 0 Å². The molecule has 0 bridgehead atoms. The molecule has 1 aromatic heterocycles. The van der Waals surface area contributed by atoms with Gasteiger partial charge in [-0.25, -0.2) is 9.97 Å². The van der Waals surface area contributed by atoms with Crippen LogP contribution in [-0.2, 0) is 16.0 Å². The Morgan fingerprint density at radius 3 is 2.64 bits per heavy atom. The van der Waals surface area contributed by atoms with Crippen molar-refractivity contribution in [2.45, 2.75) is 32.6 Å². The van der Waals surface area contributed by atoms with Gasteiger partial charge in [0.25, 0.3) is 0 Å². The monoisotopic (exact) mass is 338 g/mol. The number of aryl methyl sites for hydroxylation is 1. The molecule has 2 aromatic rings. The maximum atomic E-state index is 12.3. The van der Waals surface area contributed by atoms with Crippen LogP contribution in [0.4, 0.5) is 11.6 Å². The SMILES string of the molecule is CCCCc1ccc(N2CC(C(=O)Nc3ncccn3)CC2=O)cc1. The summed E-state index contributed by atoms with van der Waals surface area (Å²) in [4.78, 5) is 34.3. The lowest BCUT2D eigenvalue weighted by Crippen LogP contribution is -2.28. The molecule has 25 heavy (non-hydrogen) atoms. The van der Waals surface area contributed by atoms with E-state index in [1.165, 1.54) is 5.56 Å². The van der Waals surface area contributed by atoms with Crippen LogP contribution in [0.1, 0.15) is 31.7 Å². The Morgan fingerprint density at radius 1 is 1.24 bits per heavy atom. The van der Waals surface area contributed by atoms with Crippen LogP contribution in [0.15, 0.2) is 42.7 Å². The first kappa shape index (κ1) is 17.1. The molecule has 1 aromatic carbocycles. The summed E-state index contributed by atoms with van der Waals surface area (Å²) in [5.74, 6) is -0.383. The normalized spacial score (nSPS) is 16.9. The van der Waals surface area contributed by atoms with E-state index in [2.05, 4.69) is 34.3 Å². The quantitative estimate of drug-likeness (QED) is 0.879. The number of aromatic nitrogens is 2. The van der Waals surface area contributed by atoms with Crippen molar-refractivity contribution in [3.63, 3.8) is 0 Å². The van der Waals surface area contributed by atoms with E-state index in [-0.39, 0.29) is 24.2 Å². The summed E-state index contributed by atoms with van der Waals surface area (Å²) in [6.45, 7) is 2.55. The molecule has 0 aliphatic carbocycles. The number of carbonyl (C=O) groups is 2. The molecule has 0 spiro atoms. The highest BCUT2D eigenvalue weighted by Gasteiger charge is 2.35. The van der Waals surface area contributed by atoms with Crippen LogP contribution < -0.4 is 10.2 Å². The third-order valence-corrected chi connectivity index (χ3v) is 4.36. The first-order valence-corrected chi connectivity index (χ1v) is 8.64. The molecule has 6 nitrogen and oxygen atoms in total. The van der Waals surface area contributed by atoms with Gasteiger partial charge in [-0.1, -0.05) is 25.5 Å². The second kappa shape index (κ2) is 7.88. The molecule has 1 saturated heterocycles. The first-order chi connectivity index (χ1) is 12.2. The Hall–Kier alpha value is -2.76. The highest BCUT2D eigenvalue weighted by atomic mass is 16.2. The minimum atomic E-state index is -0.393. The summed E-state index contributed by atoms with van der Waals surface area (Å²) >= 11 is 0. The molecule has 2 heterocycles. The second-order valence-corrected chi connectivity index (χ2v) is 6.24. The van der Waals surface area contributed by atoms with Crippen molar-refractivity contribution in [2.75, 3.05) is 16.8 Å². The predicted molar refractivity (Wildman–Crippen MR) is 96.2 cm³/mol. The minimum absolute atomic E-state index is 0.0320. The zero-order valence-corrected chi connectivity index (χ0v) is 14.3. The topological polar surface area (TPSA) is 75.2 Å². The van der Waals surface area contributed by atoms with Gasteiger partial charge in [-0.05, 0) is 36.6 Å². The Bertz CT molecular complexity index is 731. The van der Waals surface area contributed by atoms with Gasteiger partial charge in [0.2, 0.25) is 17.8 Å². The summed E-state index contributed by atoms with van der Waals surface area (Å²) < 4.78 is 0. The van der Waals surface area contributed by atoms with E-state index in [0.717, 1.165) is 24.9 Å². The van der Waals surface area contributed by atoms with Crippen LogP contribution in [0.25, 0.3) is 0 Å². The van der Waals surface area contributed by atoms with Crippen molar-refractivity contribution in [1.29, 1.82) is 0 Å². The van der Waals surface area contributed by atoms with Crippen LogP contribution in [0.2, 0.25) is 0 Å². The number of hydrogen-bond donors (Lipinski definition) is 1. The Labute approximate surface area is 147 Å². The minimum Gasteiger partial charge on any atom is -0.312 e. The van der Waals surface area contributed by atoms with Gasteiger partial charge in [-0.3, -0.25) is 14.9 Å². The standard InChI is InChI=1S/C19H22N4O2/c1-2-3-5-14-6-8-16(9-7-14)23-13-15(12-17(23)24)18(25)22-19-20-10-4-11-21-19/h4,6-11,15H,2-3,5,12-13H2,1H3,(H,20,21,22,25). The van der Waals surface area contributed by atoms with Crippen molar-refractivity contribution in [3.05, 3.63) is 48.3 Å². The molecule has 130 valence electrons. The fraction of sp³-hybridized carbons (Fsp3) is 0.368. The molecule has 1 aliphatic rings. The second-order valence-electron chi connectivity index (χ2n) is 6.24. The molecule has 1 atom stereocenters. The van der Waals surface area contributed by atoms with Gasteiger partial charge in [-0.15, -0.1) is 0 Å². The Balaban J connectivity index is 1.63. The lowest BCUT2D eigenvalue weighted by molar-refractivity contribution is -0.122.